The third-order valence-electron chi connectivity index (χ3n) is 6.37. The molecule has 4 aromatic rings. The summed E-state index contributed by atoms with van der Waals surface area (Å²) in [7, 11) is -3.90. The van der Waals surface area contributed by atoms with Crippen LogP contribution in [-0.2, 0) is 10.0 Å². The summed E-state index contributed by atoms with van der Waals surface area (Å²) >= 11 is 0. The summed E-state index contributed by atoms with van der Waals surface area (Å²) in [5.41, 5.74) is 2.38. The largest absolute Gasteiger partial charge is 0.335 e. The number of piperazine rings is 1. The van der Waals surface area contributed by atoms with Crippen molar-refractivity contribution in [3.63, 3.8) is 0 Å². The number of carbonyl (C=O) groups is 2. The zero-order valence-electron chi connectivity index (χ0n) is 20.2. The van der Waals surface area contributed by atoms with Gasteiger partial charge in [-0.3, -0.25) is 24.3 Å². The van der Waals surface area contributed by atoms with E-state index in [1.165, 1.54) is 12.3 Å². The van der Waals surface area contributed by atoms with Gasteiger partial charge in [-0.1, -0.05) is 18.2 Å². The Labute approximate surface area is 214 Å². The van der Waals surface area contributed by atoms with Gasteiger partial charge in [0.2, 0.25) is 0 Å². The van der Waals surface area contributed by atoms with Crippen molar-refractivity contribution >= 4 is 38.4 Å². The predicted octanol–water partition coefficient (Wildman–Crippen LogP) is 3.34. The van der Waals surface area contributed by atoms with E-state index >= 15 is 0 Å². The first-order valence-corrected chi connectivity index (χ1v) is 13.3. The van der Waals surface area contributed by atoms with Gasteiger partial charge in [-0.05, 0) is 55.0 Å². The van der Waals surface area contributed by atoms with Gasteiger partial charge in [0.05, 0.1) is 16.8 Å². The molecular weight excluding hydrogens is 490 g/mol. The number of nitrogens with one attached hydrogen (secondary N) is 1. The number of rotatable bonds is 5. The highest BCUT2D eigenvalue weighted by Crippen LogP contribution is 2.26. The molecule has 2 aromatic heterocycles. The van der Waals surface area contributed by atoms with Crippen LogP contribution < -0.4 is 4.72 Å². The fraction of sp³-hybridized carbons (Fsp3) is 0.185. The first-order valence-electron chi connectivity index (χ1n) is 11.8. The molecule has 37 heavy (non-hydrogen) atoms. The Morgan fingerprint density at radius 3 is 2.19 bits per heavy atom. The van der Waals surface area contributed by atoms with Crippen LogP contribution in [0, 0.1) is 6.92 Å². The Hall–Kier alpha value is -4.31. The van der Waals surface area contributed by atoms with Gasteiger partial charge in [0.15, 0.2) is 0 Å². The SMILES string of the molecule is Cc1cc(C(=O)N2CCN(C(=O)c3cccnc3)CC2)ccc1NS(=O)(=O)c1cccc2cccnc12. The molecule has 9 nitrogen and oxygen atoms in total. The van der Waals surface area contributed by atoms with Crippen LogP contribution in [0.15, 0.2) is 84.1 Å². The molecule has 0 spiro atoms. The van der Waals surface area contributed by atoms with Gasteiger partial charge in [0, 0.05) is 55.7 Å². The summed E-state index contributed by atoms with van der Waals surface area (Å²) in [5, 5.41) is 0.727. The summed E-state index contributed by atoms with van der Waals surface area (Å²) < 4.78 is 29.0. The van der Waals surface area contributed by atoms with Crippen molar-refractivity contribution < 1.29 is 18.0 Å². The molecule has 1 N–H and O–H groups in total. The minimum Gasteiger partial charge on any atom is -0.335 e. The average molecular weight is 516 g/mol. The van der Waals surface area contributed by atoms with Gasteiger partial charge in [0.1, 0.15) is 4.90 Å². The topological polar surface area (TPSA) is 113 Å². The van der Waals surface area contributed by atoms with Crippen LogP contribution in [0.3, 0.4) is 0 Å². The van der Waals surface area contributed by atoms with Crippen LogP contribution in [0.1, 0.15) is 26.3 Å². The molecule has 2 aromatic carbocycles. The summed E-state index contributed by atoms with van der Waals surface area (Å²) in [6.07, 6.45) is 4.71. The lowest BCUT2D eigenvalue weighted by Crippen LogP contribution is -2.50. The van der Waals surface area contributed by atoms with Crippen molar-refractivity contribution in [2.24, 2.45) is 0 Å². The highest BCUT2D eigenvalue weighted by atomic mass is 32.2. The van der Waals surface area contributed by atoms with E-state index < -0.39 is 10.0 Å². The number of aryl methyl sites for hydroxylation is 1. The van der Waals surface area contributed by atoms with Crippen LogP contribution in [0.4, 0.5) is 5.69 Å². The highest BCUT2D eigenvalue weighted by Gasteiger charge is 2.26. The Morgan fingerprint density at radius 2 is 1.51 bits per heavy atom. The lowest BCUT2D eigenvalue weighted by Gasteiger charge is -2.35. The van der Waals surface area contributed by atoms with E-state index in [0.29, 0.717) is 54.1 Å². The number of anilines is 1. The number of hydrogen-bond acceptors (Lipinski definition) is 6. The van der Waals surface area contributed by atoms with Crippen molar-refractivity contribution in [2.45, 2.75) is 11.8 Å². The number of nitrogens with zero attached hydrogens (tertiary/aromatic N) is 4. The van der Waals surface area contributed by atoms with E-state index in [2.05, 4.69) is 14.7 Å². The van der Waals surface area contributed by atoms with Crippen LogP contribution in [0.2, 0.25) is 0 Å². The number of carbonyl (C=O) groups excluding carboxylic acids is 2. The summed E-state index contributed by atoms with van der Waals surface area (Å²) in [5.74, 6) is -0.265. The van der Waals surface area contributed by atoms with Crippen molar-refractivity contribution in [1.82, 2.24) is 19.8 Å². The van der Waals surface area contributed by atoms with Gasteiger partial charge in [0.25, 0.3) is 21.8 Å². The second-order valence-corrected chi connectivity index (χ2v) is 10.4. The standard InChI is InChI=1S/C27H25N5O4S/c1-19-17-21(26(33)31-13-15-32(16-14-31)27(34)22-7-3-11-28-18-22)9-10-23(19)30-37(35,36)24-8-2-5-20-6-4-12-29-25(20)24/h2-12,17-18,30H,13-16H2,1H3. The molecule has 1 aliphatic rings. The normalized spacial score (nSPS) is 14.0. The molecule has 5 rings (SSSR count). The van der Waals surface area contributed by atoms with Crippen LogP contribution in [0.25, 0.3) is 10.9 Å². The fourth-order valence-electron chi connectivity index (χ4n) is 4.37. The van der Waals surface area contributed by atoms with Crippen molar-refractivity contribution in [2.75, 3.05) is 30.9 Å². The van der Waals surface area contributed by atoms with Gasteiger partial charge in [-0.25, -0.2) is 8.42 Å². The quantitative estimate of drug-likeness (QED) is 0.436. The number of hydrogen-bond donors (Lipinski definition) is 1. The molecule has 188 valence electrons. The van der Waals surface area contributed by atoms with E-state index in [9.17, 15) is 18.0 Å². The number of benzene rings is 2. The second kappa shape index (κ2) is 9.98. The predicted molar refractivity (Wildman–Crippen MR) is 140 cm³/mol. The maximum Gasteiger partial charge on any atom is 0.264 e. The number of aromatic nitrogens is 2. The number of amides is 2. The number of sulfonamides is 1. The van der Waals surface area contributed by atoms with Gasteiger partial charge >= 0.3 is 0 Å². The Bertz CT molecular complexity index is 1580. The molecule has 2 amide bonds. The molecule has 0 saturated carbocycles. The average Bonchev–Trinajstić information content (AvgIpc) is 2.93. The third-order valence-corrected chi connectivity index (χ3v) is 7.76. The molecular formula is C27H25N5O4S. The van der Waals surface area contributed by atoms with Crippen LogP contribution in [0.5, 0.6) is 0 Å². The van der Waals surface area contributed by atoms with E-state index in [1.54, 1.807) is 71.6 Å². The Morgan fingerprint density at radius 1 is 0.838 bits per heavy atom. The van der Waals surface area contributed by atoms with Gasteiger partial charge in [-0.2, -0.15) is 0 Å². The molecule has 10 heteroatoms. The van der Waals surface area contributed by atoms with Gasteiger partial charge < -0.3 is 9.80 Å². The molecule has 0 bridgehead atoms. The lowest BCUT2D eigenvalue weighted by molar-refractivity contribution is 0.0535. The first kappa shape index (κ1) is 24.4. The highest BCUT2D eigenvalue weighted by molar-refractivity contribution is 7.93. The fourth-order valence-corrected chi connectivity index (χ4v) is 5.68. The molecule has 1 saturated heterocycles. The third kappa shape index (κ3) is 5.01. The van der Waals surface area contributed by atoms with Crippen molar-refractivity contribution in [3.05, 3.63) is 95.9 Å². The maximum atomic E-state index is 13.2. The number of fused-ring (bicyclic) bond motifs is 1. The second-order valence-electron chi connectivity index (χ2n) is 8.79. The molecule has 3 heterocycles. The zero-order chi connectivity index (χ0) is 26.0. The molecule has 1 aliphatic heterocycles. The van der Waals surface area contributed by atoms with Gasteiger partial charge in [-0.15, -0.1) is 0 Å². The molecule has 0 unspecified atom stereocenters. The maximum absolute atomic E-state index is 13.2. The number of para-hydroxylation sites is 1. The summed E-state index contributed by atoms with van der Waals surface area (Å²) in [6, 6.07) is 16.9. The van der Waals surface area contributed by atoms with E-state index in [4.69, 9.17) is 0 Å². The van der Waals surface area contributed by atoms with E-state index in [1.807, 2.05) is 12.1 Å². The molecule has 0 aliphatic carbocycles. The molecule has 0 radical (unpaired) electrons. The number of pyridine rings is 2. The smallest absolute Gasteiger partial charge is 0.264 e. The lowest BCUT2D eigenvalue weighted by atomic mass is 10.1. The van der Waals surface area contributed by atoms with Crippen LogP contribution in [-0.4, -0.2) is 66.2 Å². The van der Waals surface area contributed by atoms with Crippen LogP contribution >= 0.6 is 0 Å². The Kier molecular flexibility index (Phi) is 6.58. The summed E-state index contributed by atoms with van der Waals surface area (Å²) in [6.45, 7) is 3.42. The Balaban J connectivity index is 1.27. The first-order chi connectivity index (χ1) is 17.8. The van der Waals surface area contributed by atoms with E-state index in [-0.39, 0.29) is 16.7 Å². The van der Waals surface area contributed by atoms with Crippen molar-refractivity contribution in [1.29, 1.82) is 0 Å². The minimum atomic E-state index is -3.90. The molecule has 0 atom stereocenters. The minimum absolute atomic E-state index is 0.0869. The monoisotopic (exact) mass is 515 g/mol. The van der Waals surface area contributed by atoms with Crippen molar-refractivity contribution in [3.8, 4) is 0 Å². The zero-order valence-corrected chi connectivity index (χ0v) is 21.0. The van der Waals surface area contributed by atoms with E-state index in [0.717, 1.165) is 5.39 Å². The molecule has 1 fully saturated rings. The summed E-state index contributed by atoms with van der Waals surface area (Å²) in [4.78, 5) is 37.5.